The lowest BCUT2D eigenvalue weighted by molar-refractivity contribution is 0.177. The van der Waals surface area contributed by atoms with Crippen molar-refractivity contribution in [2.45, 2.75) is 25.8 Å². The predicted octanol–water partition coefficient (Wildman–Crippen LogP) is -0.406. The maximum Gasteiger partial charge on any atom is 0.206 e. The highest BCUT2D eigenvalue weighted by atomic mass is 16.5. The molecule has 1 atom stereocenters. The van der Waals surface area contributed by atoms with Crippen LogP contribution in [0.25, 0.3) is 0 Å². The maximum absolute atomic E-state index is 5.31. The van der Waals surface area contributed by atoms with E-state index < -0.39 is 0 Å². The van der Waals surface area contributed by atoms with Gasteiger partial charge >= 0.3 is 0 Å². The molecule has 76 valence electrons. The molecule has 1 heterocycles. The van der Waals surface area contributed by atoms with Gasteiger partial charge in [-0.2, -0.15) is 0 Å². The zero-order chi connectivity index (χ0) is 9.73. The second-order valence-electron chi connectivity index (χ2n) is 3.46. The van der Waals surface area contributed by atoms with Crippen molar-refractivity contribution in [3.05, 3.63) is 0 Å². The molecule has 0 radical (unpaired) electrons. The first-order valence-corrected chi connectivity index (χ1v) is 4.57. The van der Waals surface area contributed by atoms with Crippen molar-refractivity contribution >= 4 is 5.96 Å². The first-order chi connectivity index (χ1) is 6.20. The smallest absolute Gasteiger partial charge is 0.206 e. The zero-order valence-electron chi connectivity index (χ0n) is 8.26. The average Bonchev–Trinajstić information content (AvgIpc) is 2.51. The van der Waals surface area contributed by atoms with Crippen LogP contribution < -0.4 is 16.6 Å². The number of guanidine groups is 1. The van der Waals surface area contributed by atoms with E-state index in [9.17, 15) is 0 Å². The molecule has 0 spiro atoms. The van der Waals surface area contributed by atoms with Gasteiger partial charge in [0.1, 0.15) is 0 Å². The molecule has 13 heavy (non-hydrogen) atoms. The van der Waals surface area contributed by atoms with Crippen molar-refractivity contribution in [2.75, 3.05) is 19.8 Å². The highest BCUT2D eigenvalue weighted by Crippen LogP contribution is 2.16. The van der Waals surface area contributed by atoms with Crippen molar-refractivity contribution in [3.63, 3.8) is 0 Å². The van der Waals surface area contributed by atoms with E-state index in [2.05, 4.69) is 22.7 Å². The Hall–Kier alpha value is -0.810. The molecule has 1 aliphatic heterocycles. The number of rotatable bonds is 2. The van der Waals surface area contributed by atoms with Gasteiger partial charge in [-0.3, -0.25) is 10.4 Å². The summed E-state index contributed by atoms with van der Waals surface area (Å²) in [7, 11) is 0. The molecule has 1 unspecified atom stereocenters. The SMILES string of the molecule is CCN=C(NN)NC1(C)CCOC1. The van der Waals surface area contributed by atoms with Crippen LogP contribution in [0, 0.1) is 0 Å². The van der Waals surface area contributed by atoms with E-state index in [1.54, 1.807) is 0 Å². The van der Waals surface area contributed by atoms with E-state index in [1.807, 2.05) is 6.92 Å². The second kappa shape index (κ2) is 4.43. The van der Waals surface area contributed by atoms with Crippen LogP contribution >= 0.6 is 0 Å². The topological polar surface area (TPSA) is 71.7 Å². The quantitative estimate of drug-likeness (QED) is 0.237. The van der Waals surface area contributed by atoms with E-state index in [1.165, 1.54) is 0 Å². The number of nitrogens with zero attached hydrogens (tertiary/aromatic N) is 1. The molecule has 1 saturated heterocycles. The van der Waals surface area contributed by atoms with Crippen molar-refractivity contribution in [2.24, 2.45) is 10.8 Å². The largest absolute Gasteiger partial charge is 0.379 e. The molecular weight excluding hydrogens is 168 g/mol. The first kappa shape index (κ1) is 10.3. The minimum Gasteiger partial charge on any atom is -0.379 e. The lowest BCUT2D eigenvalue weighted by atomic mass is 10.0. The summed E-state index contributed by atoms with van der Waals surface area (Å²) in [6.45, 7) is 6.28. The fraction of sp³-hybridized carbons (Fsp3) is 0.875. The molecule has 0 aromatic carbocycles. The Labute approximate surface area is 78.7 Å². The van der Waals surface area contributed by atoms with Crippen molar-refractivity contribution in [1.29, 1.82) is 0 Å². The zero-order valence-corrected chi connectivity index (χ0v) is 8.26. The Bertz CT molecular complexity index is 187. The van der Waals surface area contributed by atoms with Crippen LogP contribution in [0.3, 0.4) is 0 Å². The first-order valence-electron chi connectivity index (χ1n) is 4.57. The third-order valence-electron chi connectivity index (χ3n) is 2.09. The van der Waals surface area contributed by atoms with Crippen LogP contribution in [-0.4, -0.2) is 31.3 Å². The number of aliphatic imine (C=N–C) groups is 1. The van der Waals surface area contributed by atoms with Gasteiger partial charge in [-0.25, -0.2) is 5.84 Å². The predicted molar refractivity (Wildman–Crippen MR) is 52.3 cm³/mol. The summed E-state index contributed by atoms with van der Waals surface area (Å²) in [6, 6.07) is 0. The van der Waals surface area contributed by atoms with Gasteiger partial charge in [0.25, 0.3) is 0 Å². The Morgan fingerprint density at radius 3 is 2.92 bits per heavy atom. The summed E-state index contributed by atoms with van der Waals surface area (Å²) in [5.74, 6) is 5.95. The standard InChI is InChI=1S/C8H18N4O/c1-3-10-7(12-9)11-8(2)4-5-13-6-8/h3-6,9H2,1-2H3,(H2,10,11,12). The van der Waals surface area contributed by atoms with Crippen molar-refractivity contribution in [1.82, 2.24) is 10.7 Å². The number of ether oxygens (including phenoxy) is 1. The van der Waals surface area contributed by atoms with Gasteiger partial charge in [0, 0.05) is 13.2 Å². The summed E-state index contributed by atoms with van der Waals surface area (Å²) in [6.07, 6.45) is 0.984. The molecule has 0 bridgehead atoms. The van der Waals surface area contributed by atoms with Gasteiger partial charge in [-0.1, -0.05) is 0 Å². The highest BCUT2D eigenvalue weighted by Gasteiger charge is 2.30. The summed E-state index contributed by atoms with van der Waals surface area (Å²) in [4.78, 5) is 4.17. The van der Waals surface area contributed by atoms with Gasteiger partial charge in [0.2, 0.25) is 5.96 Å². The van der Waals surface area contributed by atoms with Crippen LogP contribution in [0.2, 0.25) is 0 Å². The molecule has 1 rings (SSSR count). The fourth-order valence-electron chi connectivity index (χ4n) is 1.33. The lowest BCUT2D eigenvalue weighted by Gasteiger charge is -2.25. The molecule has 0 saturated carbocycles. The van der Waals surface area contributed by atoms with Gasteiger partial charge < -0.3 is 10.1 Å². The van der Waals surface area contributed by atoms with E-state index >= 15 is 0 Å². The third-order valence-corrected chi connectivity index (χ3v) is 2.09. The third kappa shape index (κ3) is 2.86. The van der Waals surface area contributed by atoms with Gasteiger partial charge in [-0.05, 0) is 20.3 Å². The second-order valence-corrected chi connectivity index (χ2v) is 3.46. The summed E-state index contributed by atoms with van der Waals surface area (Å²) in [5, 5.41) is 3.23. The number of hydrazine groups is 1. The highest BCUT2D eigenvalue weighted by molar-refractivity contribution is 5.79. The Morgan fingerprint density at radius 2 is 2.46 bits per heavy atom. The van der Waals surface area contributed by atoms with Crippen molar-refractivity contribution in [3.8, 4) is 0 Å². The van der Waals surface area contributed by atoms with E-state index in [0.717, 1.165) is 13.0 Å². The van der Waals surface area contributed by atoms with E-state index in [4.69, 9.17) is 10.6 Å². The lowest BCUT2D eigenvalue weighted by Crippen LogP contribution is -2.53. The van der Waals surface area contributed by atoms with E-state index in [0.29, 0.717) is 19.1 Å². The summed E-state index contributed by atoms with van der Waals surface area (Å²) >= 11 is 0. The Balaban J connectivity index is 2.49. The summed E-state index contributed by atoms with van der Waals surface area (Å²) in [5.41, 5.74) is 2.51. The maximum atomic E-state index is 5.31. The Kier molecular flexibility index (Phi) is 3.50. The normalized spacial score (nSPS) is 29.0. The molecule has 1 aliphatic rings. The van der Waals surface area contributed by atoms with Gasteiger partial charge in [-0.15, -0.1) is 0 Å². The Morgan fingerprint density at radius 1 is 1.69 bits per heavy atom. The summed E-state index contributed by atoms with van der Waals surface area (Å²) < 4.78 is 5.30. The molecule has 0 amide bonds. The van der Waals surface area contributed by atoms with Crippen LogP contribution in [0.15, 0.2) is 4.99 Å². The molecule has 4 N–H and O–H groups in total. The monoisotopic (exact) mass is 186 g/mol. The van der Waals surface area contributed by atoms with Gasteiger partial charge in [0.15, 0.2) is 0 Å². The minimum absolute atomic E-state index is 0.0274. The van der Waals surface area contributed by atoms with Crippen LogP contribution in [-0.2, 0) is 4.74 Å². The molecular formula is C8H18N4O. The molecule has 1 fully saturated rings. The fourth-order valence-corrected chi connectivity index (χ4v) is 1.33. The van der Waals surface area contributed by atoms with Gasteiger partial charge in [0.05, 0.1) is 12.1 Å². The van der Waals surface area contributed by atoms with Crippen molar-refractivity contribution < 1.29 is 4.74 Å². The molecule has 5 nitrogen and oxygen atoms in total. The van der Waals surface area contributed by atoms with Crippen LogP contribution in [0.1, 0.15) is 20.3 Å². The van der Waals surface area contributed by atoms with Crippen LogP contribution in [0.4, 0.5) is 0 Å². The number of nitrogens with two attached hydrogens (primary N) is 1. The number of hydrogen-bond acceptors (Lipinski definition) is 3. The average molecular weight is 186 g/mol. The molecule has 5 heteroatoms. The molecule has 0 aromatic rings. The van der Waals surface area contributed by atoms with E-state index in [-0.39, 0.29) is 5.54 Å². The number of nitrogens with one attached hydrogen (secondary N) is 2. The molecule has 0 aromatic heterocycles. The minimum atomic E-state index is -0.0274. The molecule has 0 aliphatic carbocycles. The number of hydrogen-bond donors (Lipinski definition) is 3. The van der Waals surface area contributed by atoms with Crippen LogP contribution in [0.5, 0.6) is 0 Å².